The van der Waals surface area contributed by atoms with Gasteiger partial charge in [0.15, 0.2) is 0 Å². The predicted octanol–water partition coefficient (Wildman–Crippen LogP) is 2.11. The van der Waals surface area contributed by atoms with E-state index in [9.17, 15) is 0 Å². The maximum atomic E-state index is 3.46. The first-order valence-corrected chi connectivity index (χ1v) is 6.79. The Hall–Kier alpha value is -0.920. The number of hydrogen-bond acceptors (Lipinski definition) is 2. The standard InChI is InChI=1S/C14H20N2/c1-3-10-9-15-7-8-16-13-6-2-4-11(13)12(5-1)14(10)16/h1,5,7-8,10-15H,2-4,6,9H2. The van der Waals surface area contributed by atoms with Crippen molar-refractivity contribution in [2.45, 2.75) is 37.8 Å². The second kappa shape index (κ2) is 3.28. The molecular formula is C14H20N2. The van der Waals surface area contributed by atoms with Gasteiger partial charge in [0.2, 0.25) is 0 Å². The molecule has 2 nitrogen and oxygen atoms in total. The van der Waals surface area contributed by atoms with E-state index < -0.39 is 0 Å². The van der Waals surface area contributed by atoms with E-state index in [2.05, 4.69) is 34.8 Å². The highest BCUT2D eigenvalue weighted by atomic mass is 15.2. The van der Waals surface area contributed by atoms with E-state index in [-0.39, 0.29) is 0 Å². The van der Waals surface area contributed by atoms with E-state index in [1.807, 2.05) is 0 Å². The van der Waals surface area contributed by atoms with Crippen LogP contribution in [0.25, 0.3) is 0 Å². The van der Waals surface area contributed by atoms with Crippen LogP contribution >= 0.6 is 0 Å². The quantitative estimate of drug-likeness (QED) is 0.624. The molecule has 0 amide bonds. The van der Waals surface area contributed by atoms with E-state index in [0.717, 1.165) is 36.4 Å². The normalized spacial score (nSPS) is 48.5. The zero-order valence-electron chi connectivity index (χ0n) is 9.68. The van der Waals surface area contributed by atoms with Crippen LogP contribution in [-0.2, 0) is 0 Å². The third-order valence-corrected chi connectivity index (χ3v) is 5.17. The number of fused-ring (bicyclic) bond motifs is 3. The monoisotopic (exact) mass is 216 g/mol. The van der Waals surface area contributed by atoms with Crippen molar-refractivity contribution < 1.29 is 0 Å². The smallest absolute Gasteiger partial charge is 0.0402 e. The molecule has 4 rings (SSSR count). The SMILES string of the molecule is C1=CC2C3CCCC3N3C=CNCC(C1)C23. The van der Waals surface area contributed by atoms with Crippen molar-refractivity contribution in [1.82, 2.24) is 10.2 Å². The van der Waals surface area contributed by atoms with Gasteiger partial charge in [-0.3, -0.25) is 0 Å². The molecule has 0 aromatic rings. The minimum absolute atomic E-state index is 0.798. The van der Waals surface area contributed by atoms with Crippen molar-refractivity contribution in [1.29, 1.82) is 0 Å². The van der Waals surface area contributed by atoms with Gasteiger partial charge in [-0.15, -0.1) is 0 Å². The molecule has 2 aliphatic heterocycles. The summed E-state index contributed by atoms with van der Waals surface area (Å²) in [7, 11) is 0. The van der Waals surface area contributed by atoms with E-state index in [1.54, 1.807) is 0 Å². The molecule has 5 atom stereocenters. The minimum atomic E-state index is 0.798. The highest BCUT2D eigenvalue weighted by Gasteiger charge is 2.51. The van der Waals surface area contributed by atoms with Crippen molar-refractivity contribution in [2.75, 3.05) is 6.54 Å². The molecule has 0 aromatic carbocycles. The number of rotatable bonds is 0. The highest BCUT2D eigenvalue weighted by molar-refractivity contribution is 5.18. The molecule has 4 aliphatic rings. The summed E-state index contributed by atoms with van der Waals surface area (Å²) in [5.74, 6) is 2.62. The predicted molar refractivity (Wildman–Crippen MR) is 64.6 cm³/mol. The van der Waals surface area contributed by atoms with E-state index in [0.29, 0.717) is 0 Å². The fourth-order valence-electron chi connectivity index (χ4n) is 4.60. The van der Waals surface area contributed by atoms with Gasteiger partial charge in [0.05, 0.1) is 0 Å². The molecule has 86 valence electrons. The molecule has 1 saturated heterocycles. The highest BCUT2D eigenvalue weighted by Crippen LogP contribution is 2.50. The van der Waals surface area contributed by atoms with Crippen LogP contribution in [0, 0.1) is 17.8 Å². The number of hydrogen-bond donors (Lipinski definition) is 1. The molecule has 5 unspecified atom stereocenters. The molecule has 0 aromatic heterocycles. The van der Waals surface area contributed by atoms with Gasteiger partial charge in [-0.2, -0.15) is 0 Å². The molecule has 0 spiro atoms. The van der Waals surface area contributed by atoms with Crippen LogP contribution in [0.3, 0.4) is 0 Å². The lowest BCUT2D eigenvalue weighted by atomic mass is 9.77. The van der Waals surface area contributed by atoms with E-state index >= 15 is 0 Å². The fraction of sp³-hybridized carbons (Fsp3) is 0.714. The van der Waals surface area contributed by atoms with Crippen LogP contribution < -0.4 is 5.32 Å². The summed E-state index contributed by atoms with van der Waals surface area (Å²) >= 11 is 0. The Kier molecular flexibility index (Phi) is 1.88. The van der Waals surface area contributed by atoms with Gasteiger partial charge in [-0.05, 0) is 25.2 Å². The number of nitrogens with one attached hydrogen (secondary N) is 1. The number of nitrogens with zero attached hydrogens (tertiary/aromatic N) is 1. The largest absolute Gasteiger partial charge is 0.389 e. The summed E-state index contributed by atoms with van der Waals surface area (Å²) in [4.78, 5) is 2.70. The third kappa shape index (κ3) is 1.08. The maximum Gasteiger partial charge on any atom is 0.0402 e. The van der Waals surface area contributed by atoms with Gasteiger partial charge in [0, 0.05) is 42.9 Å². The molecule has 1 saturated carbocycles. The van der Waals surface area contributed by atoms with Gasteiger partial charge < -0.3 is 10.2 Å². The summed E-state index contributed by atoms with van der Waals surface area (Å²) in [6, 6.07) is 1.64. The van der Waals surface area contributed by atoms with Crippen molar-refractivity contribution in [3.8, 4) is 0 Å². The molecule has 2 heterocycles. The van der Waals surface area contributed by atoms with Crippen molar-refractivity contribution >= 4 is 0 Å². The van der Waals surface area contributed by atoms with Crippen LogP contribution in [0.2, 0.25) is 0 Å². The molecule has 2 fully saturated rings. The first-order chi connectivity index (χ1) is 7.95. The first kappa shape index (κ1) is 9.15. The Balaban J connectivity index is 1.77. The van der Waals surface area contributed by atoms with Crippen molar-refractivity contribution in [3.63, 3.8) is 0 Å². The maximum absolute atomic E-state index is 3.46. The van der Waals surface area contributed by atoms with Gasteiger partial charge in [0.1, 0.15) is 0 Å². The Labute approximate surface area is 97.4 Å². The van der Waals surface area contributed by atoms with Crippen molar-refractivity contribution in [2.24, 2.45) is 17.8 Å². The molecule has 2 heteroatoms. The van der Waals surface area contributed by atoms with E-state index in [1.165, 1.54) is 25.7 Å². The summed E-state index contributed by atoms with van der Waals surface area (Å²) < 4.78 is 0. The minimum Gasteiger partial charge on any atom is -0.389 e. The van der Waals surface area contributed by atoms with Gasteiger partial charge in [0.25, 0.3) is 0 Å². The molecule has 16 heavy (non-hydrogen) atoms. The van der Waals surface area contributed by atoms with Crippen LogP contribution in [0.5, 0.6) is 0 Å². The summed E-state index contributed by atoms with van der Waals surface area (Å²) in [5, 5.41) is 3.46. The molecule has 2 aliphatic carbocycles. The second-order valence-corrected chi connectivity index (χ2v) is 5.83. The summed E-state index contributed by atoms with van der Waals surface area (Å²) in [6.45, 7) is 1.16. The summed E-state index contributed by atoms with van der Waals surface area (Å²) in [6.07, 6.45) is 15.1. The third-order valence-electron chi connectivity index (χ3n) is 5.17. The zero-order chi connectivity index (χ0) is 10.5. The van der Waals surface area contributed by atoms with Crippen LogP contribution in [0.15, 0.2) is 24.6 Å². The average Bonchev–Trinajstić information content (AvgIpc) is 2.80. The van der Waals surface area contributed by atoms with Crippen LogP contribution in [0.1, 0.15) is 25.7 Å². The lowest BCUT2D eigenvalue weighted by molar-refractivity contribution is 0.193. The number of allylic oxidation sites excluding steroid dienone is 1. The fourth-order valence-corrected chi connectivity index (χ4v) is 4.60. The topological polar surface area (TPSA) is 15.3 Å². The molecule has 0 bridgehead atoms. The Morgan fingerprint density at radius 2 is 2.25 bits per heavy atom. The lowest BCUT2D eigenvalue weighted by Gasteiger charge is -2.35. The average molecular weight is 216 g/mol. The first-order valence-electron chi connectivity index (χ1n) is 6.79. The van der Waals surface area contributed by atoms with Gasteiger partial charge in [-0.25, -0.2) is 0 Å². The van der Waals surface area contributed by atoms with Crippen molar-refractivity contribution in [3.05, 3.63) is 24.6 Å². The summed E-state index contributed by atoms with van der Waals surface area (Å²) in [5.41, 5.74) is 0. The van der Waals surface area contributed by atoms with Crippen LogP contribution in [0.4, 0.5) is 0 Å². The molecule has 0 radical (unpaired) electrons. The lowest BCUT2D eigenvalue weighted by Crippen LogP contribution is -2.41. The second-order valence-electron chi connectivity index (χ2n) is 5.83. The van der Waals surface area contributed by atoms with E-state index in [4.69, 9.17) is 0 Å². The Bertz CT molecular complexity index is 347. The van der Waals surface area contributed by atoms with Gasteiger partial charge >= 0.3 is 0 Å². The van der Waals surface area contributed by atoms with Crippen LogP contribution in [-0.4, -0.2) is 23.5 Å². The van der Waals surface area contributed by atoms with Gasteiger partial charge in [-0.1, -0.05) is 18.6 Å². The molecular weight excluding hydrogens is 196 g/mol. The Morgan fingerprint density at radius 3 is 3.25 bits per heavy atom. The Morgan fingerprint density at radius 1 is 1.25 bits per heavy atom. The zero-order valence-corrected chi connectivity index (χ0v) is 9.68. The molecule has 1 N–H and O–H groups in total.